The largest absolute Gasteiger partial charge is 0.322 e. The Morgan fingerprint density at radius 3 is 2.18 bits per heavy atom. The van der Waals surface area contributed by atoms with Crippen LogP contribution in [0.5, 0.6) is 0 Å². The molecule has 3 aromatic rings. The fraction of sp³-hybridized carbons (Fsp3) is 0.200. The summed E-state index contributed by atoms with van der Waals surface area (Å²) in [5.41, 5.74) is 2.65. The van der Waals surface area contributed by atoms with Gasteiger partial charge in [-0.05, 0) is 46.9 Å². The number of anilines is 2. The van der Waals surface area contributed by atoms with Gasteiger partial charge in [0, 0.05) is 5.56 Å². The number of benzene rings is 3. The van der Waals surface area contributed by atoms with Crippen LogP contribution in [0.4, 0.5) is 11.4 Å². The molecule has 0 saturated carbocycles. The second kappa shape index (κ2) is 8.13. The summed E-state index contributed by atoms with van der Waals surface area (Å²) in [4.78, 5) is 28.2. The zero-order chi connectivity index (χ0) is 24.0. The molecule has 33 heavy (non-hydrogen) atoms. The van der Waals surface area contributed by atoms with Gasteiger partial charge in [0.15, 0.2) is 0 Å². The lowest BCUT2D eigenvalue weighted by Crippen LogP contribution is -2.45. The minimum Gasteiger partial charge on any atom is -0.322 e. The summed E-state index contributed by atoms with van der Waals surface area (Å²) in [6.07, 6.45) is 0. The lowest BCUT2D eigenvalue weighted by Gasteiger charge is -2.37. The highest BCUT2D eigenvalue weighted by molar-refractivity contribution is 7.89. The van der Waals surface area contributed by atoms with E-state index >= 15 is 0 Å². The molecule has 1 atom stereocenters. The van der Waals surface area contributed by atoms with E-state index in [2.05, 4.69) is 26.1 Å². The van der Waals surface area contributed by atoms with E-state index in [1.807, 2.05) is 18.2 Å². The van der Waals surface area contributed by atoms with Gasteiger partial charge in [0.05, 0.1) is 16.3 Å². The molecule has 2 amide bonds. The van der Waals surface area contributed by atoms with Gasteiger partial charge in [-0.15, -0.1) is 0 Å². The van der Waals surface area contributed by atoms with Crippen molar-refractivity contribution in [2.45, 2.75) is 37.1 Å². The molecule has 0 saturated heterocycles. The van der Waals surface area contributed by atoms with Gasteiger partial charge < -0.3 is 5.32 Å². The molecule has 8 heteroatoms. The number of sulfonamides is 1. The monoisotopic (exact) mass is 463 g/mol. The number of primary sulfonamides is 1. The minimum absolute atomic E-state index is 0.0735. The van der Waals surface area contributed by atoms with Crippen LogP contribution < -0.4 is 15.4 Å². The molecular formula is C25H25N3O4S. The molecular weight excluding hydrogens is 438 g/mol. The van der Waals surface area contributed by atoms with Crippen molar-refractivity contribution < 1.29 is 18.0 Å². The third-order valence-electron chi connectivity index (χ3n) is 5.65. The maximum Gasteiger partial charge on any atom is 0.259 e. The Balaban J connectivity index is 1.85. The average molecular weight is 464 g/mol. The van der Waals surface area contributed by atoms with Crippen LogP contribution in [0.1, 0.15) is 48.3 Å². The van der Waals surface area contributed by atoms with Crippen molar-refractivity contribution in [3.05, 3.63) is 89.5 Å². The van der Waals surface area contributed by atoms with E-state index in [0.29, 0.717) is 16.8 Å². The van der Waals surface area contributed by atoms with Crippen molar-refractivity contribution in [3.8, 4) is 0 Å². The molecule has 7 nitrogen and oxygen atoms in total. The molecule has 0 spiro atoms. The van der Waals surface area contributed by atoms with Crippen molar-refractivity contribution in [3.63, 3.8) is 0 Å². The highest BCUT2D eigenvalue weighted by Gasteiger charge is 2.39. The molecule has 1 aliphatic heterocycles. The fourth-order valence-corrected chi connectivity index (χ4v) is 4.41. The number of carbonyl (C=O) groups excluding carboxylic acids is 2. The molecule has 3 aromatic carbocycles. The molecule has 0 bridgehead atoms. The lowest BCUT2D eigenvalue weighted by molar-refractivity contribution is -0.117. The van der Waals surface area contributed by atoms with Crippen LogP contribution in [0.2, 0.25) is 0 Å². The summed E-state index contributed by atoms with van der Waals surface area (Å²) < 4.78 is 23.6. The van der Waals surface area contributed by atoms with Crippen LogP contribution in [0.25, 0.3) is 0 Å². The number of amides is 2. The minimum atomic E-state index is -3.98. The molecule has 1 aliphatic rings. The summed E-state index contributed by atoms with van der Waals surface area (Å²) in [5, 5.41) is 7.99. The Hall–Kier alpha value is -3.49. The number of fused-ring (bicyclic) bond motifs is 1. The third-order valence-corrected chi connectivity index (χ3v) is 6.56. The second-order valence-electron chi connectivity index (χ2n) is 9.03. The molecule has 0 fully saturated rings. The van der Waals surface area contributed by atoms with Gasteiger partial charge in [-0.2, -0.15) is 0 Å². The zero-order valence-corrected chi connectivity index (χ0v) is 19.4. The van der Waals surface area contributed by atoms with Crippen LogP contribution in [-0.2, 0) is 20.2 Å². The van der Waals surface area contributed by atoms with Gasteiger partial charge in [-0.3, -0.25) is 14.5 Å². The summed E-state index contributed by atoms with van der Waals surface area (Å²) in [5.74, 6) is -0.816. The molecule has 1 unspecified atom stereocenters. The first kappa shape index (κ1) is 22.7. The molecule has 3 N–H and O–H groups in total. The Kier molecular flexibility index (Phi) is 5.59. The van der Waals surface area contributed by atoms with Crippen molar-refractivity contribution in [1.82, 2.24) is 0 Å². The van der Waals surface area contributed by atoms with Crippen LogP contribution >= 0.6 is 0 Å². The van der Waals surface area contributed by atoms with Crippen LogP contribution in [0, 0.1) is 0 Å². The van der Waals surface area contributed by atoms with Gasteiger partial charge in [0.25, 0.3) is 11.8 Å². The number of rotatable bonds is 3. The van der Waals surface area contributed by atoms with E-state index in [0.717, 1.165) is 5.56 Å². The smallest absolute Gasteiger partial charge is 0.259 e. The first-order valence-electron chi connectivity index (χ1n) is 10.4. The Labute approximate surface area is 193 Å². The van der Waals surface area contributed by atoms with E-state index in [-0.39, 0.29) is 21.9 Å². The van der Waals surface area contributed by atoms with Crippen molar-refractivity contribution in [2.24, 2.45) is 5.14 Å². The van der Waals surface area contributed by atoms with Crippen molar-refractivity contribution in [2.75, 3.05) is 10.2 Å². The van der Waals surface area contributed by atoms with E-state index < -0.39 is 22.0 Å². The molecule has 0 radical (unpaired) electrons. The lowest BCUT2D eigenvalue weighted by atomic mass is 9.86. The van der Waals surface area contributed by atoms with Crippen LogP contribution in [-0.4, -0.2) is 20.2 Å². The van der Waals surface area contributed by atoms with E-state index in [4.69, 9.17) is 5.14 Å². The number of nitrogens with two attached hydrogens (primary N) is 1. The maximum atomic E-state index is 13.7. The number of carbonyl (C=O) groups is 2. The van der Waals surface area contributed by atoms with E-state index in [1.165, 1.54) is 23.1 Å². The number of nitrogens with one attached hydrogen (secondary N) is 1. The highest BCUT2D eigenvalue weighted by Crippen LogP contribution is 2.40. The van der Waals surface area contributed by atoms with Gasteiger partial charge in [-0.1, -0.05) is 63.2 Å². The van der Waals surface area contributed by atoms with Gasteiger partial charge in [0.2, 0.25) is 10.0 Å². The van der Waals surface area contributed by atoms with Gasteiger partial charge in [-0.25, -0.2) is 13.6 Å². The zero-order valence-electron chi connectivity index (χ0n) is 18.6. The molecule has 4 rings (SSSR count). The summed E-state index contributed by atoms with van der Waals surface area (Å²) in [7, 11) is -3.98. The third kappa shape index (κ3) is 4.40. The summed E-state index contributed by atoms with van der Waals surface area (Å²) in [6, 6.07) is 19.4. The average Bonchev–Trinajstić information content (AvgIpc) is 2.76. The molecule has 1 heterocycles. The quantitative estimate of drug-likeness (QED) is 0.612. The SMILES string of the molecule is CC(C)(C)c1ccc(C(=O)N2c3ccc(S(N)(=O)=O)cc3NC(=O)C2c2ccccc2)cc1. The molecule has 0 aromatic heterocycles. The Bertz CT molecular complexity index is 1330. The number of nitrogens with zero attached hydrogens (tertiary/aromatic N) is 1. The van der Waals surface area contributed by atoms with E-state index in [1.54, 1.807) is 36.4 Å². The van der Waals surface area contributed by atoms with Crippen LogP contribution in [0.3, 0.4) is 0 Å². The molecule has 0 aliphatic carbocycles. The maximum absolute atomic E-state index is 13.7. The first-order valence-corrected chi connectivity index (χ1v) is 12.0. The Morgan fingerprint density at radius 2 is 1.61 bits per heavy atom. The standard InChI is InChI=1S/C25H25N3O4S/c1-25(2,3)18-11-9-17(10-12-18)24(30)28-21-14-13-19(33(26,31)32)15-20(21)27-23(29)22(28)16-7-5-4-6-8-16/h4-15,22H,1-3H3,(H,27,29)(H2,26,31,32). The second-order valence-corrected chi connectivity index (χ2v) is 10.6. The predicted molar refractivity (Wildman–Crippen MR) is 128 cm³/mol. The van der Waals surface area contributed by atoms with E-state index in [9.17, 15) is 18.0 Å². The topological polar surface area (TPSA) is 110 Å². The summed E-state index contributed by atoms with van der Waals surface area (Å²) >= 11 is 0. The van der Waals surface area contributed by atoms with Gasteiger partial charge >= 0.3 is 0 Å². The Morgan fingerprint density at radius 1 is 0.970 bits per heavy atom. The highest BCUT2D eigenvalue weighted by atomic mass is 32.2. The first-order chi connectivity index (χ1) is 15.5. The van der Waals surface area contributed by atoms with Crippen molar-refractivity contribution in [1.29, 1.82) is 0 Å². The number of hydrogen-bond acceptors (Lipinski definition) is 4. The summed E-state index contributed by atoms with van der Waals surface area (Å²) in [6.45, 7) is 6.26. The van der Waals surface area contributed by atoms with Crippen LogP contribution in [0.15, 0.2) is 77.7 Å². The molecule has 170 valence electrons. The van der Waals surface area contributed by atoms with Gasteiger partial charge in [0.1, 0.15) is 6.04 Å². The number of hydrogen-bond donors (Lipinski definition) is 2. The predicted octanol–water partition coefficient (Wildman–Crippen LogP) is 3.97. The van der Waals surface area contributed by atoms with Crippen molar-refractivity contribution >= 4 is 33.2 Å². The normalized spacial score (nSPS) is 16.2. The fourth-order valence-electron chi connectivity index (χ4n) is 3.87.